The van der Waals surface area contributed by atoms with Crippen molar-refractivity contribution in [1.82, 2.24) is 24.6 Å². The molecule has 0 radical (unpaired) electrons. The molecule has 0 aliphatic heterocycles. The lowest BCUT2D eigenvalue weighted by atomic mass is 10.1. The van der Waals surface area contributed by atoms with Crippen LogP contribution in [0.1, 0.15) is 30.2 Å². The van der Waals surface area contributed by atoms with Crippen molar-refractivity contribution in [2.45, 2.75) is 31.5 Å². The summed E-state index contributed by atoms with van der Waals surface area (Å²) in [6, 6.07) is 22.1. The fraction of sp³-hybridized carbons (Fsp3) is 0.242. The van der Waals surface area contributed by atoms with Gasteiger partial charge in [-0.1, -0.05) is 12.1 Å². The van der Waals surface area contributed by atoms with Crippen LogP contribution in [0.25, 0.3) is 33.1 Å². The minimum Gasteiger partial charge on any atom is -0.459 e. The van der Waals surface area contributed by atoms with Crippen molar-refractivity contribution in [2.24, 2.45) is 0 Å². The van der Waals surface area contributed by atoms with E-state index in [1.54, 1.807) is 12.3 Å². The van der Waals surface area contributed by atoms with Crippen molar-refractivity contribution in [2.75, 3.05) is 24.4 Å². The number of furan rings is 1. The summed E-state index contributed by atoms with van der Waals surface area (Å²) in [6.07, 6.45) is 6.71. The van der Waals surface area contributed by atoms with E-state index in [0.29, 0.717) is 29.9 Å². The van der Waals surface area contributed by atoms with Crippen LogP contribution in [0.4, 0.5) is 15.9 Å². The number of rotatable bonds is 10. The SMILES string of the molecule is CN(C1CC1)[C@H](CS(C)(=O)=O)c1ccc(-c2ccc3ncnc(Nc4ccc5c(cnn5Cc5cccc(F)c5)c4)c3c2)o1. The van der Waals surface area contributed by atoms with E-state index in [1.807, 2.05) is 66.3 Å². The number of benzene rings is 3. The molecule has 1 atom stereocenters. The predicted octanol–water partition coefficient (Wildman–Crippen LogP) is 6.35. The Morgan fingerprint density at radius 3 is 2.73 bits per heavy atom. The molecule has 1 saturated carbocycles. The van der Waals surface area contributed by atoms with Gasteiger partial charge in [0.1, 0.15) is 39.3 Å². The molecule has 1 fully saturated rings. The smallest absolute Gasteiger partial charge is 0.149 e. The van der Waals surface area contributed by atoms with Crippen LogP contribution in [-0.2, 0) is 16.4 Å². The number of anilines is 2. The van der Waals surface area contributed by atoms with E-state index in [9.17, 15) is 12.8 Å². The molecule has 0 spiro atoms. The molecule has 3 aromatic heterocycles. The average molecular weight is 611 g/mol. The third-order valence-electron chi connectivity index (χ3n) is 8.08. The number of fused-ring (bicyclic) bond motifs is 2. The van der Waals surface area contributed by atoms with E-state index in [-0.39, 0.29) is 17.6 Å². The van der Waals surface area contributed by atoms with Gasteiger partial charge < -0.3 is 9.73 Å². The van der Waals surface area contributed by atoms with Crippen molar-refractivity contribution >= 4 is 43.1 Å². The van der Waals surface area contributed by atoms with Crippen molar-refractivity contribution in [1.29, 1.82) is 0 Å². The van der Waals surface area contributed by atoms with Crippen LogP contribution in [-0.4, -0.2) is 58.2 Å². The second-order valence-corrected chi connectivity index (χ2v) is 13.7. The van der Waals surface area contributed by atoms with Gasteiger partial charge in [0.2, 0.25) is 0 Å². The van der Waals surface area contributed by atoms with Crippen LogP contribution in [0.3, 0.4) is 0 Å². The van der Waals surface area contributed by atoms with Gasteiger partial charge in [-0.05, 0) is 86.1 Å². The molecule has 1 aliphatic rings. The summed E-state index contributed by atoms with van der Waals surface area (Å²) in [5, 5.41) is 9.69. The van der Waals surface area contributed by atoms with Crippen molar-refractivity contribution in [3.63, 3.8) is 0 Å². The fourth-order valence-electron chi connectivity index (χ4n) is 5.66. The molecule has 11 heteroatoms. The first-order valence-electron chi connectivity index (χ1n) is 14.4. The predicted molar refractivity (Wildman–Crippen MR) is 169 cm³/mol. The van der Waals surface area contributed by atoms with E-state index in [4.69, 9.17) is 4.42 Å². The summed E-state index contributed by atoms with van der Waals surface area (Å²) in [5.74, 6) is 1.65. The molecule has 9 nitrogen and oxygen atoms in total. The highest BCUT2D eigenvalue weighted by atomic mass is 32.2. The topological polar surface area (TPSA) is 106 Å². The third-order valence-corrected chi connectivity index (χ3v) is 9.00. The molecule has 3 aromatic carbocycles. The Labute approximate surface area is 254 Å². The molecule has 1 aliphatic carbocycles. The second-order valence-electron chi connectivity index (χ2n) is 11.5. The number of hydrogen-bond donors (Lipinski definition) is 1. The Hall–Kier alpha value is -4.61. The number of nitrogens with one attached hydrogen (secondary N) is 1. The molecular weight excluding hydrogens is 579 g/mol. The van der Waals surface area contributed by atoms with E-state index in [1.165, 1.54) is 24.7 Å². The monoisotopic (exact) mass is 610 g/mol. The van der Waals surface area contributed by atoms with E-state index < -0.39 is 9.84 Å². The van der Waals surface area contributed by atoms with E-state index in [0.717, 1.165) is 51.5 Å². The average Bonchev–Trinajstić information content (AvgIpc) is 3.61. The maximum Gasteiger partial charge on any atom is 0.149 e. The van der Waals surface area contributed by atoms with Gasteiger partial charge in [0.15, 0.2) is 0 Å². The molecule has 44 heavy (non-hydrogen) atoms. The first-order valence-corrected chi connectivity index (χ1v) is 16.5. The van der Waals surface area contributed by atoms with Gasteiger partial charge in [-0.25, -0.2) is 22.8 Å². The first kappa shape index (κ1) is 28.2. The minimum atomic E-state index is -3.22. The molecule has 224 valence electrons. The molecule has 0 unspecified atom stereocenters. The molecule has 1 N–H and O–H groups in total. The van der Waals surface area contributed by atoms with Crippen LogP contribution in [0.2, 0.25) is 0 Å². The lowest BCUT2D eigenvalue weighted by Gasteiger charge is -2.25. The summed E-state index contributed by atoms with van der Waals surface area (Å²) >= 11 is 0. The lowest BCUT2D eigenvalue weighted by Crippen LogP contribution is -2.31. The van der Waals surface area contributed by atoms with Crippen molar-refractivity contribution < 1.29 is 17.2 Å². The van der Waals surface area contributed by atoms with E-state index in [2.05, 4.69) is 25.3 Å². The maximum atomic E-state index is 13.7. The molecule has 0 bridgehead atoms. The number of halogens is 1. The minimum absolute atomic E-state index is 0.000630. The van der Waals surface area contributed by atoms with Gasteiger partial charge in [0, 0.05) is 34.3 Å². The van der Waals surface area contributed by atoms with E-state index >= 15 is 0 Å². The normalized spacial score (nSPS) is 14.5. The molecule has 0 saturated heterocycles. The van der Waals surface area contributed by atoms with Crippen LogP contribution < -0.4 is 5.32 Å². The molecule has 6 aromatic rings. The zero-order valence-electron chi connectivity index (χ0n) is 24.3. The van der Waals surface area contributed by atoms with Crippen molar-refractivity contribution in [3.05, 3.63) is 102 Å². The number of hydrogen-bond acceptors (Lipinski definition) is 8. The maximum absolute atomic E-state index is 13.7. The van der Waals surface area contributed by atoms with Gasteiger partial charge >= 0.3 is 0 Å². The van der Waals surface area contributed by atoms with Gasteiger partial charge in [-0.3, -0.25) is 9.58 Å². The summed E-state index contributed by atoms with van der Waals surface area (Å²) in [5.41, 5.74) is 4.21. The van der Waals surface area contributed by atoms with Gasteiger partial charge in [-0.15, -0.1) is 0 Å². The Morgan fingerprint density at radius 2 is 1.93 bits per heavy atom. The lowest BCUT2D eigenvalue weighted by molar-refractivity contribution is 0.225. The molecule has 0 amide bonds. The first-order chi connectivity index (χ1) is 21.2. The van der Waals surface area contributed by atoms with Crippen LogP contribution >= 0.6 is 0 Å². The van der Waals surface area contributed by atoms with Crippen LogP contribution in [0.5, 0.6) is 0 Å². The summed E-state index contributed by atoms with van der Waals surface area (Å²) in [4.78, 5) is 11.1. The second kappa shape index (κ2) is 11.1. The largest absolute Gasteiger partial charge is 0.459 e. The Morgan fingerprint density at radius 1 is 1.07 bits per heavy atom. The zero-order valence-corrected chi connectivity index (χ0v) is 25.1. The third kappa shape index (κ3) is 5.93. The van der Waals surface area contributed by atoms with Gasteiger partial charge in [-0.2, -0.15) is 5.10 Å². The number of sulfone groups is 1. The summed E-state index contributed by atoms with van der Waals surface area (Å²) in [7, 11) is -1.25. The Balaban J connectivity index is 1.16. The van der Waals surface area contributed by atoms with Gasteiger partial charge in [0.25, 0.3) is 0 Å². The van der Waals surface area contributed by atoms with Crippen molar-refractivity contribution in [3.8, 4) is 11.3 Å². The van der Waals surface area contributed by atoms with Gasteiger partial charge in [0.05, 0.1) is 35.6 Å². The number of aromatic nitrogens is 4. The zero-order chi connectivity index (χ0) is 30.4. The number of nitrogens with zero attached hydrogens (tertiary/aromatic N) is 5. The van der Waals surface area contributed by atoms with Crippen LogP contribution in [0, 0.1) is 5.82 Å². The highest BCUT2D eigenvalue weighted by molar-refractivity contribution is 7.90. The van der Waals surface area contributed by atoms with Crippen LogP contribution in [0.15, 0.2) is 89.7 Å². The highest BCUT2D eigenvalue weighted by Gasteiger charge is 2.35. The Bertz CT molecular complexity index is 2100. The molecule has 3 heterocycles. The molecular formula is C33H31FN6O3S. The molecule has 7 rings (SSSR count). The standard InChI is InChI=1S/C33H31FN6O3S/c1-39(26-8-9-26)30(19-44(2,41)42)32-13-12-31(43-32)22-6-10-28-27(16-22)33(36-20-35-28)38-25-7-11-29-23(15-25)17-37-40(29)18-21-4-3-5-24(34)14-21/h3-7,10-17,20,26,30H,8-9,18-19H2,1-2H3,(H,35,36,38)/t30-/m1/s1. The summed E-state index contributed by atoms with van der Waals surface area (Å²) in [6.45, 7) is 0.466. The highest BCUT2D eigenvalue weighted by Crippen LogP contribution is 2.37. The Kier molecular flexibility index (Phi) is 7.14. The fourth-order valence-corrected chi connectivity index (χ4v) is 6.63. The quantitative estimate of drug-likeness (QED) is 0.191. The summed E-state index contributed by atoms with van der Waals surface area (Å²) < 4.78 is 46.3.